The molecule has 0 fully saturated rings. The van der Waals surface area contributed by atoms with Crippen LogP contribution in [0.4, 0.5) is 0 Å². The first-order chi connectivity index (χ1) is 8.74. The fourth-order valence-corrected chi connectivity index (χ4v) is 2.41. The first-order valence-electron chi connectivity index (χ1n) is 5.90. The van der Waals surface area contributed by atoms with E-state index >= 15 is 0 Å². The Labute approximate surface area is 114 Å². The largest absolute Gasteiger partial charge is 0.342 e. The smallest absolute Gasteiger partial charge is 0.109 e. The van der Waals surface area contributed by atoms with Crippen LogP contribution >= 0.6 is 15.9 Å². The molecule has 0 amide bonds. The van der Waals surface area contributed by atoms with Crippen LogP contribution in [0.3, 0.4) is 0 Å². The summed E-state index contributed by atoms with van der Waals surface area (Å²) in [5, 5.41) is 0. The molecule has 0 atom stereocenters. The fraction of sp³-hybridized carbons (Fsp3) is 0.133. The van der Waals surface area contributed by atoms with E-state index in [1.54, 1.807) is 0 Å². The minimum Gasteiger partial charge on any atom is -0.342 e. The lowest BCUT2D eigenvalue weighted by atomic mass is 10.2. The number of fused-ring (bicyclic) bond motifs is 1. The molecule has 18 heavy (non-hydrogen) atoms. The first-order valence-corrected chi connectivity index (χ1v) is 6.69. The number of halogens is 1. The summed E-state index contributed by atoms with van der Waals surface area (Å²) in [7, 11) is 0. The SMILES string of the molecule is Cc1cc2c(ccn2Cc2ccccc2)nc1Br. The normalized spacial score (nSPS) is 11.0. The van der Waals surface area contributed by atoms with Crippen molar-refractivity contribution in [1.82, 2.24) is 9.55 Å². The summed E-state index contributed by atoms with van der Waals surface area (Å²) in [6, 6.07) is 14.7. The Bertz CT molecular complexity index is 686. The number of hydrogen-bond acceptors (Lipinski definition) is 1. The molecule has 0 spiro atoms. The number of aromatic nitrogens is 2. The van der Waals surface area contributed by atoms with Gasteiger partial charge in [0.15, 0.2) is 0 Å². The van der Waals surface area contributed by atoms with Gasteiger partial charge in [0.25, 0.3) is 0 Å². The lowest BCUT2D eigenvalue weighted by Crippen LogP contribution is -1.98. The van der Waals surface area contributed by atoms with E-state index in [4.69, 9.17) is 0 Å². The zero-order valence-corrected chi connectivity index (χ0v) is 11.7. The number of benzene rings is 1. The van der Waals surface area contributed by atoms with Gasteiger partial charge in [-0.2, -0.15) is 0 Å². The van der Waals surface area contributed by atoms with Gasteiger partial charge < -0.3 is 4.57 Å². The van der Waals surface area contributed by atoms with Gasteiger partial charge in [0, 0.05) is 12.7 Å². The van der Waals surface area contributed by atoms with Gasteiger partial charge in [0.05, 0.1) is 11.0 Å². The van der Waals surface area contributed by atoms with Gasteiger partial charge in [-0.3, -0.25) is 0 Å². The fourth-order valence-electron chi connectivity index (χ4n) is 2.10. The lowest BCUT2D eigenvalue weighted by Gasteiger charge is -2.06. The highest BCUT2D eigenvalue weighted by atomic mass is 79.9. The van der Waals surface area contributed by atoms with Crippen LogP contribution in [0.15, 0.2) is 53.3 Å². The van der Waals surface area contributed by atoms with Gasteiger partial charge >= 0.3 is 0 Å². The van der Waals surface area contributed by atoms with Crippen molar-refractivity contribution in [2.75, 3.05) is 0 Å². The molecule has 0 aliphatic rings. The quantitative estimate of drug-likeness (QED) is 0.650. The molecule has 3 aromatic rings. The molecule has 0 radical (unpaired) electrons. The zero-order chi connectivity index (χ0) is 12.5. The highest BCUT2D eigenvalue weighted by molar-refractivity contribution is 9.10. The van der Waals surface area contributed by atoms with Crippen LogP contribution in [0.1, 0.15) is 11.1 Å². The third kappa shape index (κ3) is 2.06. The Morgan fingerprint density at radius 1 is 1.17 bits per heavy atom. The van der Waals surface area contributed by atoms with Crippen LogP contribution in [0.5, 0.6) is 0 Å². The molecule has 3 heteroatoms. The molecular formula is C15H13BrN2. The predicted molar refractivity (Wildman–Crippen MR) is 77.7 cm³/mol. The van der Waals surface area contributed by atoms with E-state index < -0.39 is 0 Å². The van der Waals surface area contributed by atoms with Crippen LogP contribution in [0.25, 0.3) is 11.0 Å². The second-order valence-electron chi connectivity index (χ2n) is 4.43. The second kappa shape index (κ2) is 4.58. The van der Waals surface area contributed by atoms with E-state index in [-0.39, 0.29) is 0 Å². The summed E-state index contributed by atoms with van der Waals surface area (Å²) in [6.07, 6.45) is 2.09. The average molecular weight is 301 g/mol. The molecule has 0 aliphatic heterocycles. The summed E-state index contributed by atoms with van der Waals surface area (Å²) in [5.74, 6) is 0. The average Bonchev–Trinajstić information content (AvgIpc) is 2.74. The van der Waals surface area contributed by atoms with E-state index in [0.717, 1.165) is 22.2 Å². The Morgan fingerprint density at radius 2 is 1.94 bits per heavy atom. The van der Waals surface area contributed by atoms with E-state index in [9.17, 15) is 0 Å². The minimum atomic E-state index is 0.882. The molecule has 0 bridgehead atoms. The predicted octanol–water partition coefficient (Wildman–Crippen LogP) is 4.16. The number of aryl methyl sites for hydroxylation is 1. The van der Waals surface area contributed by atoms with Gasteiger partial charge in [-0.25, -0.2) is 4.98 Å². The maximum Gasteiger partial charge on any atom is 0.109 e. The van der Waals surface area contributed by atoms with Crippen molar-refractivity contribution in [1.29, 1.82) is 0 Å². The molecule has 0 saturated heterocycles. The molecule has 0 aliphatic carbocycles. The molecular weight excluding hydrogens is 288 g/mol. The maximum absolute atomic E-state index is 4.53. The van der Waals surface area contributed by atoms with Crippen LogP contribution < -0.4 is 0 Å². The summed E-state index contributed by atoms with van der Waals surface area (Å²) < 4.78 is 3.16. The first kappa shape index (κ1) is 11.5. The minimum absolute atomic E-state index is 0.882. The van der Waals surface area contributed by atoms with Crippen molar-refractivity contribution in [2.24, 2.45) is 0 Å². The number of hydrogen-bond donors (Lipinski definition) is 0. The topological polar surface area (TPSA) is 17.8 Å². The molecule has 90 valence electrons. The molecule has 1 aromatic carbocycles. The molecule has 0 N–H and O–H groups in total. The van der Waals surface area contributed by atoms with Crippen LogP contribution in [-0.4, -0.2) is 9.55 Å². The monoisotopic (exact) mass is 300 g/mol. The van der Waals surface area contributed by atoms with Crippen molar-refractivity contribution in [3.8, 4) is 0 Å². The molecule has 2 aromatic heterocycles. The van der Waals surface area contributed by atoms with E-state index in [1.807, 2.05) is 6.07 Å². The lowest BCUT2D eigenvalue weighted by molar-refractivity contribution is 0.836. The van der Waals surface area contributed by atoms with Gasteiger partial charge in [-0.05, 0) is 46.1 Å². The molecule has 0 saturated carbocycles. The van der Waals surface area contributed by atoms with Crippen molar-refractivity contribution in [3.05, 3.63) is 64.4 Å². The Balaban J connectivity index is 2.05. The number of pyridine rings is 1. The summed E-state index contributed by atoms with van der Waals surface area (Å²) in [4.78, 5) is 4.53. The third-order valence-corrected chi connectivity index (χ3v) is 3.88. The van der Waals surface area contributed by atoms with E-state index in [1.165, 1.54) is 11.1 Å². The molecule has 3 rings (SSSR count). The molecule has 2 nitrogen and oxygen atoms in total. The number of rotatable bonds is 2. The zero-order valence-electron chi connectivity index (χ0n) is 10.1. The van der Waals surface area contributed by atoms with Gasteiger partial charge in [0.1, 0.15) is 4.60 Å². The second-order valence-corrected chi connectivity index (χ2v) is 5.18. The van der Waals surface area contributed by atoms with Crippen molar-refractivity contribution in [2.45, 2.75) is 13.5 Å². The van der Waals surface area contributed by atoms with Crippen LogP contribution in [0, 0.1) is 6.92 Å². The van der Waals surface area contributed by atoms with Gasteiger partial charge in [0.2, 0.25) is 0 Å². The summed E-state index contributed by atoms with van der Waals surface area (Å²) in [6.45, 7) is 2.95. The number of nitrogens with zero attached hydrogens (tertiary/aromatic N) is 2. The highest BCUT2D eigenvalue weighted by Crippen LogP contribution is 2.21. The molecule has 2 heterocycles. The van der Waals surface area contributed by atoms with Gasteiger partial charge in [-0.15, -0.1) is 0 Å². The Kier molecular flexibility index (Phi) is 2.92. The van der Waals surface area contributed by atoms with E-state index in [2.05, 4.69) is 75.0 Å². The summed E-state index contributed by atoms with van der Waals surface area (Å²) in [5.41, 5.74) is 4.68. The maximum atomic E-state index is 4.53. The Hall–Kier alpha value is -1.61. The van der Waals surface area contributed by atoms with Crippen molar-refractivity contribution >= 4 is 27.0 Å². The van der Waals surface area contributed by atoms with Crippen LogP contribution in [0.2, 0.25) is 0 Å². The van der Waals surface area contributed by atoms with Crippen LogP contribution in [-0.2, 0) is 6.54 Å². The third-order valence-electron chi connectivity index (χ3n) is 3.08. The summed E-state index contributed by atoms with van der Waals surface area (Å²) >= 11 is 3.47. The molecule has 0 unspecified atom stereocenters. The standard InChI is InChI=1S/C15H13BrN2/c1-11-9-14-13(17-15(11)16)7-8-18(14)10-12-5-3-2-4-6-12/h2-9H,10H2,1H3. The van der Waals surface area contributed by atoms with Crippen molar-refractivity contribution in [3.63, 3.8) is 0 Å². The van der Waals surface area contributed by atoms with Crippen molar-refractivity contribution < 1.29 is 0 Å². The Morgan fingerprint density at radius 3 is 2.72 bits per heavy atom. The highest BCUT2D eigenvalue weighted by Gasteiger charge is 2.05. The van der Waals surface area contributed by atoms with E-state index in [0.29, 0.717) is 0 Å². The van der Waals surface area contributed by atoms with Gasteiger partial charge in [-0.1, -0.05) is 30.3 Å².